The van der Waals surface area contributed by atoms with Gasteiger partial charge in [0.05, 0.1) is 5.56 Å². The lowest BCUT2D eigenvalue weighted by atomic mass is 10.1. The molecule has 17 heavy (non-hydrogen) atoms. The number of hydrogen-bond donors (Lipinski definition) is 1. The topological polar surface area (TPSA) is 54.9 Å². The van der Waals surface area contributed by atoms with Crippen LogP contribution >= 0.6 is 27.5 Å². The molecule has 1 N–H and O–H groups in total. The molecule has 0 spiro atoms. The van der Waals surface area contributed by atoms with Crippen molar-refractivity contribution < 1.29 is 4.79 Å². The zero-order valence-electron chi connectivity index (χ0n) is 9.32. The molecule has 0 saturated carbocycles. The Kier molecular flexibility index (Phi) is 3.54. The van der Waals surface area contributed by atoms with Crippen LogP contribution in [0.5, 0.6) is 0 Å². The maximum Gasteiger partial charge on any atom is 0.258 e. The Bertz CT molecular complexity index is 568. The number of rotatable bonds is 2. The fourth-order valence-electron chi connectivity index (χ4n) is 1.32. The second-order valence-corrected chi connectivity index (χ2v) is 5.19. The SMILES string of the molecule is Cc1ccc(C(=O)Nc2nc(C)ns2)c(Br)c1. The van der Waals surface area contributed by atoms with E-state index in [1.165, 1.54) is 11.5 Å². The first-order valence-electron chi connectivity index (χ1n) is 4.94. The van der Waals surface area contributed by atoms with Crippen LogP contribution in [0, 0.1) is 13.8 Å². The van der Waals surface area contributed by atoms with Gasteiger partial charge in [0.25, 0.3) is 5.91 Å². The van der Waals surface area contributed by atoms with Crippen molar-refractivity contribution in [2.24, 2.45) is 0 Å². The predicted octanol–water partition coefficient (Wildman–Crippen LogP) is 3.17. The molecule has 88 valence electrons. The molecule has 4 nitrogen and oxygen atoms in total. The zero-order valence-corrected chi connectivity index (χ0v) is 11.7. The highest BCUT2D eigenvalue weighted by Gasteiger charge is 2.12. The van der Waals surface area contributed by atoms with Gasteiger partial charge >= 0.3 is 0 Å². The van der Waals surface area contributed by atoms with Crippen molar-refractivity contribution in [3.05, 3.63) is 39.6 Å². The van der Waals surface area contributed by atoms with Gasteiger partial charge in [0, 0.05) is 16.0 Å². The Hall–Kier alpha value is -1.27. The smallest absolute Gasteiger partial charge is 0.258 e. The predicted molar refractivity (Wildman–Crippen MR) is 71.5 cm³/mol. The molecule has 0 bridgehead atoms. The summed E-state index contributed by atoms with van der Waals surface area (Å²) < 4.78 is 4.78. The molecule has 0 unspecified atom stereocenters. The van der Waals surface area contributed by atoms with E-state index >= 15 is 0 Å². The van der Waals surface area contributed by atoms with Crippen LogP contribution in [0.1, 0.15) is 21.7 Å². The molecule has 6 heteroatoms. The van der Waals surface area contributed by atoms with Crippen LogP contribution in [0.4, 0.5) is 5.13 Å². The number of anilines is 1. The quantitative estimate of drug-likeness (QED) is 0.926. The standard InChI is InChI=1S/C11H10BrN3OS/c1-6-3-4-8(9(12)5-6)10(16)14-11-13-7(2)15-17-11/h3-5H,1-2H3,(H,13,14,15,16). The van der Waals surface area contributed by atoms with Crippen molar-refractivity contribution in [1.29, 1.82) is 0 Å². The average Bonchev–Trinajstić information content (AvgIpc) is 2.63. The third-order valence-electron chi connectivity index (χ3n) is 2.12. The molecule has 0 fully saturated rings. The van der Waals surface area contributed by atoms with E-state index in [1.807, 2.05) is 19.1 Å². The summed E-state index contributed by atoms with van der Waals surface area (Å²) in [7, 11) is 0. The molecular formula is C11H10BrN3OS. The van der Waals surface area contributed by atoms with Crippen molar-refractivity contribution in [2.45, 2.75) is 13.8 Å². The van der Waals surface area contributed by atoms with Crippen LogP contribution in [0.15, 0.2) is 22.7 Å². The number of carbonyl (C=O) groups is 1. The number of nitrogens with one attached hydrogen (secondary N) is 1. The maximum absolute atomic E-state index is 12.0. The molecule has 0 atom stereocenters. The molecule has 1 aromatic heterocycles. The fraction of sp³-hybridized carbons (Fsp3) is 0.182. The average molecular weight is 312 g/mol. The number of carbonyl (C=O) groups excluding carboxylic acids is 1. The first-order chi connectivity index (χ1) is 8.06. The molecule has 0 radical (unpaired) electrons. The molecule has 1 aromatic carbocycles. The van der Waals surface area contributed by atoms with E-state index in [4.69, 9.17) is 0 Å². The van der Waals surface area contributed by atoms with Crippen molar-refractivity contribution >= 4 is 38.5 Å². The van der Waals surface area contributed by atoms with Crippen LogP contribution in [0.2, 0.25) is 0 Å². The summed E-state index contributed by atoms with van der Waals surface area (Å²) in [6, 6.07) is 5.58. The number of halogens is 1. The molecule has 1 amide bonds. The van der Waals surface area contributed by atoms with Crippen LogP contribution in [-0.4, -0.2) is 15.3 Å². The summed E-state index contributed by atoms with van der Waals surface area (Å²) >= 11 is 4.55. The van der Waals surface area contributed by atoms with Gasteiger partial charge in [-0.25, -0.2) is 4.98 Å². The van der Waals surface area contributed by atoms with Crippen molar-refractivity contribution in [3.8, 4) is 0 Å². The monoisotopic (exact) mass is 311 g/mol. The Labute approximate surface area is 111 Å². The Morgan fingerprint density at radius 2 is 2.18 bits per heavy atom. The molecule has 2 rings (SSSR count). The van der Waals surface area contributed by atoms with E-state index in [0.717, 1.165) is 10.0 Å². The van der Waals surface area contributed by atoms with Crippen LogP contribution < -0.4 is 5.32 Å². The third-order valence-corrected chi connectivity index (χ3v) is 3.50. The Morgan fingerprint density at radius 3 is 2.76 bits per heavy atom. The maximum atomic E-state index is 12.0. The first kappa shape index (κ1) is 12.2. The van der Waals surface area contributed by atoms with Crippen molar-refractivity contribution in [2.75, 3.05) is 5.32 Å². The van der Waals surface area contributed by atoms with E-state index in [2.05, 4.69) is 30.6 Å². The molecule has 1 heterocycles. The highest BCUT2D eigenvalue weighted by molar-refractivity contribution is 9.10. The summed E-state index contributed by atoms with van der Waals surface area (Å²) in [5.74, 6) is 0.473. The number of hydrogen-bond acceptors (Lipinski definition) is 4. The molecule has 0 aliphatic rings. The van der Waals surface area contributed by atoms with Crippen LogP contribution in [-0.2, 0) is 0 Å². The number of benzene rings is 1. The second-order valence-electron chi connectivity index (χ2n) is 3.58. The van der Waals surface area contributed by atoms with Gasteiger partial charge in [0.2, 0.25) is 5.13 Å². The first-order valence-corrected chi connectivity index (χ1v) is 6.51. The molecule has 0 aliphatic heterocycles. The normalized spacial score (nSPS) is 10.3. The lowest BCUT2D eigenvalue weighted by Gasteiger charge is -2.04. The van der Waals surface area contributed by atoms with Gasteiger partial charge < -0.3 is 0 Å². The molecule has 2 aromatic rings. The minimum atomic E-state index is -0.187. The number of amides is 1. The molecule has 0 aliphatic carbocycles. The summed E-state index contributed by atoms with van der Waals surface area (Å²) in [5, 5.41) is 3.23. The Balaban J connectivity index is 2.20. The lowest BCUT2D eigenvalue weighted by Crippen LogP contribution is -2.12. The van der Waals surface area contributed by atoms with Gasteiger partial charge in [-0.2, -0.15) is 4.37 Å². The summed E-state index contributed by atoms with van der Waals surface area (Å²) in [6.07, 6.45) is 0. The highest BCUT2D eigenvalue weighted by Crippen LogP contribution is 2.20. The second kappa shape index (κ2) is 4.93. The molecular weight excluding hydrogens is 302 g/mol. The van der Waals surface area contributed by atoms with E-state index < -0.39 is 0 Å². The van der Waals surface area contributed by atoms with Gasteiger partial charge in [-0.1, -0.05) is 6.07 Å². The summed E-state index contributed by atoms with van der Waals surface area (Å²) in [5.41, 5.74) is 1.68. The minimum Gasteiger partial charge on any atom is -0.297 e. The van der Waals surface area contributed by atoms with Gasteiger partial charge in [-0.05, 0) is 47.5 Å². The van der Waals surface area contributed by atoms with Gasteiger partial charge in [0.15, 0.2) is 0 Å². The van der Waals surface area contributed by atoms with Gasteiger partial charge in [0.1, 0.15) is 5.82 Å². The van der Waals surface area contributed by atoms with E-state index in [-0.39, 0.29) is 5.91 Å². The highest BCUT2D eigenvalue weighted by atomic mass is 79.9. The van der Waals surface area contributed by atoms with E-state index in [1.54, 1.807) is 13.0 Å². The van der Waals surface area contributed by atoms with Gasteiger partial charge in [-0.3, -0.25) is 10.1 Å². The number of aromatic nitrogens is 2. The van der Waals surface area contributed by atoms with Crippen molar-refractivity contribution in [3.63, 3.8) is 0 Å². The summed E-state index contributed by atoms with van der Waals surface area (Å²) in [6.45, 7) is 3.76. The Morgan fingerprint density at radius 1 is 1.41 bits per heavy atom. The van der Waals surface area contributed by atoms with Crippen LogP contribution in [0.25, 0.3) is 0 Å². The minimum absolute atomic E-state index is 0.187. The fourth-order valence-corrected chi connectivity index (χ4v) is 2.56. The lowest BCUT2D eigenvalue weighted by molar-refractivity contribution is 0.102. The van der Waals surface area contributed by atoms with E-state index in [9.17, 15) is 4.79 Å². The summed E-state index contributed by atoms with van der Waals surface area (Å²) in [4.78, 5) is 16.0. The van der Waals surface area contributed by atoms with E-state index in [0.29, 0.717) is 16.5 Å². The number of aryl methyl sites for hydroxylation is 2. The zero-order chi connectivity index (χ0) is 12.4. The van der Waals surface area contributed by atoms with Crippen LogP contribution in [0.3, 0.4) is 0 Å². The third kappa shape index (κ3) is 2.89. The van der Waals surface area contributed by atoms with Gasteiger partial charge in [-0.15, -0.1) is 0 Å². The largest absolute Gasteiger partial charge is 0.297 e. The van der Waals surface area contributed by atoms with Crippen molar-refractivity contribution in [1.82, 2.24) is 9.36 Å². The molecule has 0 saturated heterocycles. The number of nitrogens with zero attached hydrogens (tertiary/aromatic N) is 2.